The SMILES string of the molecule is CCOC(=O)CCNC(=O)C(c1cccc(C)c1C)N(C(=O)C(CC(N)=O)NC(=O)OC(C)(C)C)C1CC1C. The van der Waals surface area contributed by atoms with Crippen LogP contribution in [0, 0.1) is 19.8 Å². The van der Waals surface area contributed by atoms with Crippen molar-refractivity contribution < 1.29 is 33.4 Å². The molecule has 1 aliphatic carbocycles. The fraction of sp³-hybridized carbons (Fsp3) is 0.607. The topological polar surface area (TPSA) is 157 Å². The van der Waals surface area contributed by atoms with Crippen LogP contribution >= 0.6 is 0 Å². The molecule has 1 saturated carbocycles. The van der Waals surface area contributed by atoms with Crippen molar-refractivity contribution in [3.05, 3.63) is 34.9 Å². The molecule has 39 heavy (non-hydrogen) atoms. The lowest BCUT2D eigenvalue weighted by molar-refractivity contribution is -0.145. The molecule has 216 valence electrons. The van der Waals surface area contributed by atoms with Crippen LogP contribution in [0.5, 0.6) is 0 Å². The molecule has 0 bridgehead atoms. The largest absolute Gasteiger partial charge is 0.466 e. The van der Waals surface area contributed by atoms with Crippen LogP contribution in [0.15, 0.2) is 18.2 Å². The van der Waals surface area contributed by atoms with Crippen LogP contribution in [0.4, 0.5) is 4.79 Å². The molecular formula is C28H42N4O7. The van der Waals surface area contributed by atoms with Crippen molar-refractivity contribution >= 4 is 29.8 Å². The third-order valence-electron chi connectivity index (χ3n) is 6.47. The van der Waals surface area contributed by atoms with Crippen LogP contribution in [0.3, 0.4) is 0 Å². The summed E-state index contributed by atoms with van der Waals surface area (Å²) in [5, 5.41) is 5.24. The molecule has 11 heteroatoms. The summed E-state index contributed by atoms with van der Waals surface area (Å²) in [4.78, 5) is 65.6. The van der Waals surface area contributed by atoms with Crippen LogP contribution in [0.1, 0.15) is 76.6 Å². The van der Waals surface area contributed by atoms with E-state index in [9.17, 15) is 24.0 Å². The molecular weight excluding hydrogens is 504 g/mol. The first-order valence-electron chi connectivity index (χ1n) is 13.3. The maximum Gasteiger partial charge on any atom is 0.408 e. The van der Waals surface area contributed by atoms with Gasteiger partial charge in [-0.3, -0.25) is 19.2 Å². The number of rotatable bonds is 12. The second-order valence-corrected chi connectivity index (χ2v) is 10.9. The number of nitrogens with zero attached hydrogens (tertiary/aromatic N) is 1. The van der Waals surface area contributed by atoms with E-state index in [2.05, 4.69) is 10.6 Å². The molecule has 0 aliphatic heterocycles. The summed E-state index contributed by atoms with van der Waals surface area (Å²) < 4.78 is 10.2. The third kappa shape index (κ3) is 9.26. The maximum absolute atomic E-state index is 14.1. The predicted molar refractivity (Wildman–Crippen MR) is 144 cm³/mol. The Kier molecular flexibility index (Phi) is 10.9. The summed E-state index contributed by atoms with van der Waals surface area (Å²) in [5.41, 5.74) is 6.95. The molecule has 4 atom stereocenters. The number of carbonyl (C=O) groups is 5. The van der Waals surface area contributed by atoms with Crippen LogP contribution in [0.2, 0.25) is 0 Å². The lowest BCUT2D eigenvalue weighted by Crippen LogP contribution is -2.55. The van der Waals surface area contributed by atoms with Crippen molar-refractivity contribution in [2.45, 2.75) is 91.5 Å². The van der Waals surface area contributed by atoms with Gasteiger partial charge in [0, 0.05) is 12.6 Å². The molecule has 0 aromatic heterocycles. The van der Waals surface area contributed by atoms with Gasteiger partial charge < -0.3 is 30.7 Å². The Balaban J connectivity index is 2.49. The average Bonchev–Trinajstić information content (AvgIpc) is 3.53. The zero-order valence-electron chi connectivity index (χ0n) is 24.0. The monoisotopic (exact) mass is 546 g/mol. The summed E-state index contributed by atoms with van der Waals surface area (Å²) in [7, 11) is 0. The normalized spacial score (nSPS) is 17.8. The van der Waals surface area contributed by atoms with Gasteiger partial charge in [0.15, 0.2) is 0 Å². The Morgan fingerprint density at radius 3 is 2.33 bits per heavy atom. The molecule has 1 aromatic rings. The van der Waals surface area contributed by atoms with Gasteiger partial charge in [-0.15, -0.1) is 0 Å². The van der Waals surface area contributed by atoms with E-state index in [0.29, 0.717) is 12.0 Å². The highest BCUT2D eigenvalue weighted by molar-refractivity contribution is 5.95. The number of hydrogen-bond acceptors (Lipinski definition) is 7. The minimum absolute atomic E-state index is 0.0160. The van der Waals surface area contributed by atoms with Crippen molar-refractivity contribution in [1.29, 1.82) is 0 Å². The zero-order chi connectivity index (χ0) is 29.5. The van der Waals surface area contributed by atoms with Crippen molar-refractivity contribution in [1.82, 2.24) is 15.5 Å². The summed E-state index contributed by atoms with van der Waals surface area (Å²) in [6.07, 6.45) is -0.747. The molecule has 2 rings (SSSR count). The van der Waals surface area contributed by atoms with E-state index in [1.807, 2.05) is 26.8 Å². The number of esters is 1. The van der Waals surface area contributed by atoms with E-state index in [4.69, 9.17) is 15.2 Å². The lowest BCUT2D eigenvalue weighted by Gasteiger charge is -2.35. The first-order valence-corrected chi connectivity index (χ1v) is 13.3. The predicted octanol–water partition coefficient (Wildman–Crippen LogP) is 2.42. The first kappa shape index (κ1) is 31.6. The molecule has 11 nitrogen and oxygen atoms in total. The summed E-state index contributed by atoms with van der Waals surface area (Å²) in [6.45, 7) is 12.7. The Morgan fingerprint density at radius 1 is 1.15 bits per heavy atom. The van der Waals surface area contributed by atoms with Gasteiger partial charge >= 0.3 is 12.1 Å². The fourth-order valence-electron chi connectivity index (χ4n) is 4.31. The molecule has 0 radical (unpaired) electrons. The second kappa shape index (κ2) is 13.4. The van der Waals surface area contributed by atoms with Gasteiger partial charge in [-0.05, 0) is 70.6 Å². The Labute approximate surface area is 230 Å². The van der Waals surface area contributed by atoms with Crippen LogP contribution < -0.4 is 16.4 Å². The van der Waals surface area contributed by atoms with E-state index >= 15 is 0 Å². The molecule has 1 aromatic carbocycles. The molecule has 0 spiro atoms. The molecule has 4 amide bonds. The summed E-state index contributed by atoms with van der Waals surface area (Å²) in [6, 6.07) is 2.75. The molecule has 4 unspecified atom stereocenters. The second-order valence-electron chi connectivity index (χ2n) is 10.9. The molecule has 0 heterocycles. The van der Waals surface area contributed by atoms with Crippen LogP contribution in [0.25, 0.3) is 0 Å². The highest BCUT2D eigenvalue weighted by atomic mass is 16.6. The van der Waals surface area contributed by atoms with Gasteiger partial charge in [-0.2, -0.15) is 0 Å². The van der Waals surface area contributed by atoms with Gasteiger partial charge in [-0.1, -0.05) is 25.1 Å². The number of nitrogens with one attached hydrogen (secondary N) is 2. The van der Waals surface area contributed by atoms with E-state index in [1.165, 1.54) is 4.90 Å². The Morgan fingerprint density at radius 2 is 1.79 bits per heavy atom. The van der Waals surface area contributed by atoms with Crippen LogP contribution in [-0.4, -0.2) is 65.5 Å². The number of alkyl carbamates (subject to hydrolysis) is 1. The number of amides is 4. The van der Waals surface area contributed by atoms with E-state index in [-0.39, 0.29) is 31.5 Å². The summed E-state index contributed by atoms with van der Waals surface area (Å²) in [5.74, 6) is -2.27. The van der Waals surface area contributed by atoms with Crippen molar-refractivity contribution in [3.8, 4) is 0 Å². The Bertz CT molecular complexity index is 1080. The molecule has 1 fully saturated rings. The number of benzene rings is 1. The van der Waals surface area contributed by atoms with Gasteiger partial charge in [0.05, 0.1) is 19.4 Å². The van der Waals surface area contributed by atoms with Gasteiger partial charge in [0.25, 0.3) is 0 Å². The molecule has 4 N–H and O–H groups in total. The summed E-state index contributed by atoms with van der Waals surface area (Å²) >= 11 is 0. The smallest absolute Gasteiger partial charge is 0.408 e. The lowest BCUT2D eigenvalue weighted by atomic mass is 9.94. The quantitative estimate of drug-likeness (QED) is 0.340. The Hall–Kier alpha value is -3.63. The number of aryl methyl sites for hydroxylation is 1. The first-order chi connectivity index (χ1) is 18.2. The number of nitrogens with two attached hydrogens (primary N) is 1. The molecule has 0 saturated heterocycles. The number of hydrogen-bond donors (Lipinski definition) is 3. The van der Waals surface area contributed by atoms with E-state index in [1.54, 1.807) is 39.8 Å². The van der Waals surface area contributed by atoms with Crippen molar-refractivity contribution in [3.63, 3.8) is 0 Å². The standard InChI is InChI=1S/C28H42N4O7/c1-8-38-23(34)12-13-30-25(35)24(19-11-9-10-16(2)18(19)4)32(21-14-17(21)3)26(36)20(15-22(29)33)31-27(37)39-28(5,6)7/h9-11,17,20-21,24H,8,12-15H2,1-7H3,(H2,29,33)(H,30,35)(H,31,37). The fourth-order valence-corrected chi connectivity index (χ4v) is 4.31. The van der Waals surface area contributed by atoms with Gasteiger partial charge in [0.2, 0.25) is 17.7 Å². The number of ether oxygens (including phenoxy) is 2. The number of primary amides is 1. The van der Waals surface area contributed by atoms with E-state index < -0.39 is 53.9 Å². The van der Waals surface area contributed by atoms with E-state index in [0.717, 1.165) is 11.1 Å². The van der Waals surface area contributed by atoms with Gasteiger partial charge in [0.1, 0.15) is 17.7 Å². The molecule has 1 aliphatic rings. The van der Waals surface area contributed by atoms with Gasteiger partial charge in [-0.25, -0.2) is 4.79 Å². The average molecular weight is 547 g/mol. The van der Waals surface area contributed by atoms with Crippen LogP contribution in [-0.2, 0) is 28.7 Å². The maximum atomic E-state index is 14.1. The van der Waals surface area contributed by atoms with Crippen molar-refractivity contribution in [2.24, 2.45) is 11.7 Å². The third-order valence-corrected chi connectivity index (χ3v) is 6.47. The zero-order valence-corrected chi connectivity index (χ0v) is 24.0. The number of carbonyl (C=O) groups excluding carboxylic acids is 5. The highest BCUT2D eigenvalue weighted by Gasteiger charge is 2.48. The minimum atomic E-state index is -1.34. The van der Waals surface area contributed by atoms with Crippen molar-refractivity contribution in [2.75, 3.05) is 13.2 Å². The highest BCUT2D eigenvalue weighted by Crippen LogP contribution is 2.41. The minimum Gasteiger partial charge on any atom is -0.466 e.